The minimum Gasteiger partial charge on any atom is -0.338 e. The standard InChI is InChI=1S/C12H9ClN4/c1-8-2-3-10(13)11(4-8)17-12-7-15-9(5-14)6-16-12/h2-4,6-7H,1H3,(H,16,17). The maximum absolute atomic E-state index is 8.60. The molecule has 1 aromatic carbocycles. The molecule has 0 aliphatic rings. The van der Waals surface area contributed by atoms with Crippen LogP contribution in [0.4, 0.5) is 11.5 Å². The number of nitrogens with one attached hydrogen (secondary N) is 1. The molecule has 1 N–H and O–H groups in total. The Bertz CT molecular complexity index is 572. The average molecular weight is 245 g/mol. The lowest BCUT2D eigenvalue weighted by atomic mass is 10.2. The van der Waals surface area contributed by atoms with Crippen molar-refractivity contribution in [1.82, 2.24) is 9.97 Å². The number of nitriles is 1. The van der Waals surface area contributed by atoms with Crippen molar-refractivity contribution in [2.24, 2.45) is 0 Å². The minimum absolute atomic E-state index is 0.283. The summed E-state index contributed by atoms with van der Waals surface area (Å²) in [6.07, 6.45) is 2.91. The molecule has 17 heavy (non-hydrogen) atoms. The maximum Gasteiger partial charge on any atom is 0.158 e. The minimum atomic E-state index is 0.283. The maximum atomic E-state index is 8.60. The quantitative estimate of drug-likeness (QED) is 0.882. The summed E-state index contributed by atoms with van der Waals surface area (Å²) in [4.78, 5) is 7.98. The van der Waals surface area contributed by atoms with E-state index in [1.54, 1.807) is 0 Å². The first-order valence-corrected chi connectivity index (χ1v) is 5.32. The Morgan fingerprint density at radius 1 is 1.29 bits per heavy atom. The summed E-state index contributed by atoms with van der Waals surface area (Å²) >= 11 is 6.04. The van der Waals surface area contributed by atoms with E-state index < -0.39 is 0 Å². The highest BCUT2D eigenvalue weighted by Gasteiger charge is 2.02. The number of hydrogen-bond acceptors (Lipinski definition) is 4. The second-order valence-electron chi connectivity index (χ2n) is 3.51. The van der Waals surface area contributed by atoms with Crippen LogP contribution in [0.1, 0.15) is 11.3 Å². The number of aryl methyl sites for hydroxylation is 1. The van der Waals surface area contributed by atoms with E-state index in [-0.39, 0.29) is 5.69 Å². The van der Waals surface area contributed by atoms with Crippen LogP contribution in [0.15, 0.2) is 30.6 Å². The Hall–Kier alpha value is -2.12. The van der Waals surface area contributed by atoms with Gasteiger partial charge in [0.1, 0.15) is 11.9 Å². The molecule has 84 valence electrons. The molecule has 0 unspecified atom stereocenters. The van der Waals surface area contributed by atoms with Gasteiger partial charge in [-0.25, -0.2) is 9.97 Å². The summed E-state index contributed by atoms with van der Waals surface area (Å²) < 4.78 is 0. The Balaban J connectivity index is 2.25. The molecule has 0 aliphatic heterocycles. The average Bonchev–Trinajstić information content (AvgIpc) is 2.35. The zero-order chi connectivity index (χ0) is 12.3. The lowest BCUT2D eigenvalue weighted by molar-refractivity contribution is 1.16. The van der Waals surface area contributed by atoms with Gasteiger partial charge in [-0.3, -0.25) is 0 Å². The third-order valence-electron chi connectivity index (χ3n) is 2.15. The number of hydrogen-bond donors (Lipinski definition) is 1. The molecule has 2 aromatic rings. The van der Waals surface area contributed by atoms with Gasteiger partial charge in [0.05, 0.1) is 23.1 Å². The van der Waals surface area contributed by atoms with E-state index in [1.165, 1.54) is 12.4 Å². The fourth-order valence-corrected chi connectivity index (χ4v) is 1.49. The lowest BCUT2D eigenvalue weighted by Gasteiger charge is -2.07. The summed E-state index contributed by atoms with van der Waals surface area (Å²) in [6.45, 7) is 1.98. The third kappa shape index (κ3) is 2.71. The van der Waals surface area contributed by atoms with Gasteiger partial charge >= 0.3 is 0 Å². The number of anilines is 2. The molecule has 0 amide bonds. The van der Waals surface area contributed by atoms with Gasteiger partial charge in [-0.1, -0.05) is 17.7 Å². The molecular formula is C12H9ClN4. The molecule has 0 fully saturated rings. The van der Waals surface area contributed by atoms with Crippen molar-refractivity contribution in [3.05, 3.63) is 46.9 Å². The Labute approximate surface area is 104 Å². The Morgan fingerprint density at radius 3 is 2.76 bits per heavy atom. The van der Waals surface area contributed by atoms with Crippen molar-refractivity contribution in [3.63, 3.8) is 0 Å². The fraction of sp³-hybridized carbons (Fsp3) is 0.0833. The van der Waals surface area contributed by atoms with E-state index in [2.05, 4.69) is 15.3 Å². The predicted molar refractivity (Wildman–Crippen MR) is 66.2 cm³/mol. The SMILES string of the molecule is Cc1ccc(Cl)c(Nc2cnc(C#N)cn2)c1. The second kappa shape index (κ2) is 4.81. The molecule has 5 heteroatoms. The van der Waals surface area contributed by atoms with Crippen LogP contribution in [0.2, 0.25) is 5.02 Å². The van der Waals surface area contributed by atoms with Crippen molar-refractivity contribution >= 4 is 23.1 Å². The smallest absolute Gasteiger partial charge is 0.158 e. The Morgan fingerprint density at radius 2 is 2.12 bits per heavy atom. The molecule has 0 radical (unpaired) electrons. The normalized spacial score (nSPS) is 9.71. The number of aromatic nitrogens is 2. The summed E-state index contributed by atoms with van der Waals surface area (Å²) in [5.74, 6) is 0.552. The summed E-state index contributed by atoms with van der Waals surface area (Å²) in [7, 11) is 0. The van der Waals surface area contributed by atoms with Crippen LogP contribution in [-0.4, -0.2) is 9.97 Å². The number of rotatable bonds is 2. The van der Waals surface area contributed by atoms with Gasteiger partial charge in [0.2, 0.25) is 0 Å². The molecule has 1 heterocycles. The third-order valence-corrected chi connectivity index (χ3v) is 2.48. The molecule has 0 spiro atoms. The van der Waals surface area contributed by atoms with Crippen LogP contribution in [0.25, 0.3) is 0 Å². The number of nitrogens with zero attached hydrogens (tertiary/aromatic N) is 3. The van der Waals surface area contributed by atoms with Crippen LogP contribution in [-0.2, 0) is 0 Å². The number of benzene rings is 1. The molecule has 0 bridgehead atoms. The van der Waals surface area contributed by atoms with Crippen molar-refractivity contribution in [3.8, 4) is 6.07 Å². The molecule has 4 nitrogen and oxygen atoms in total. The van der Waals surface area contributed by atoms with Crippen molar-refractivity contribution in [2.45, 2.75) is 6.92 Å². The molecular weight excluding hydrogens is 236 g/mol. The summed E-state index contributed by atoms with van der Waals surface area (Å²) in [5, 5.41) is 12.3. The van der Waals surface area contributed by atoms with Gasteiger partial charge in [0.15, 0.2) is 5.69 Å². The van der Waals surface area contributed by atoms with Crippen molar-refractivity contribution < 1.29 is 0 Å². The highest BCUT2D eigenvalue weighted by molar-refractivity contribution is 6.33. The first-order chi connectivity index (χ1) is 8.19. The van der Waals surface area contributed by atoms with Crippen molar-refractivity contribution in [1.29, 1.82) is 5.26 Å². The van der Waals surface area contributed by atoms with Crippen molar-refractivity contribution in [2.75, 3.05) is 5.32 Å². The summed E-state index contributed by atoms with van der Waals surface area (Å²) in [5.41, 5.74) is 2.15. The molecule has 0 saturated carbocycles. The highest BCUT2D eigenvalue weighted by Crippen LogP contribution is 2.25. The summed E-state index contributed by atoms with van der Waals surface area (Å²) in [6, 6.07) is 7.57. The van der Waals surface area contributed by atoms with E-state index in [4.69, 9.17) is 16.9 Å². The van der Waals surface area contributed by atoms with E-state index in [0.717, 1.165) is 11.3 Å². The largest absolute Gasteiger partial charge is 0.338 e. The molecule has 0 atom stereocenters. The van der Waals surface area contributed by atoms with Gasteiger partial charge in [-0.05, 0) is 24.6 Å². The van der Waals surface area contributed by atoms with E-state index in [0.29, 0.717) is 10.8 Å². The van der Waals surface area contributed by atoms with E-state index >= 15 is 0 Å². The van der Waals surface area contributed by atoms with Crippen LogP contribution >= 0.6 is 11.6 Å². The van der Waals surface area contributed by atoms with Crippen LogP contribution < -0.4 is 5.32 Å². The van der Waals surface area contributed by atoms with Gasteiger partial charge in [-0.2, -0.15) is 5.26 Å². The van der Waals surface area contributed by atoms with E-state index in [9.17, 15) is 0 Å². The second-order valence-corrected chi connectivity index (χ2v) is 3.91. The first-order valence-electron chi connectivity index (χ1n) is 4.94. The molecule has 1 aromatic heterocycles. The first kappa shape index (κ1) is 11.4. The van der Waals surface area contributed by atoms with Crippen LogP contribution in [0, 0.1) is 18.3 Å². The monoisotopic (exact) mass is 244 g/mol. The zero-order valence-corrected chi connectivity index (χ0v) is 9.86. The number of halogens is 1. The zero-order valence-electron chi connectivity index (χ0n) is 9.11. The van der Waals surface area contributed by atoms with Crippen LogP contribution in [0.5, 0.6) is 0 Å². The van der Waals surface area contributed by atoms with Crippen LogP contribution in [0.3, 0.4) is 0 Å². The van der Waals surface area contributed by atoms with E-state index in [1.807, 2.05) is 31.2 Å². The van der Waals surface area contributed by atoms with Gasteiger partial charge < -0.3 is 5.32 Å². The topological polar surface area (TPSA) is 61.6 Å². The predicted octanol–water partition coefficient (Wildman–Crippen LogP) is 3.05. The van der Waals surface area contributed by atoms with Gasteiger partial charge in [0, 0.05) is 0 Å². The molecule has 2 rings (SSSR count). The lowest BCUT2D eigenvalue weighted by Crippen LogP contribution is -1.96. The molecule has 0 saturated heterocycles. The molecule has 0 aliphatic carbocycles. The Kier molecular flexibility index (Phi) is 3.22. The van der Waals surface area contributed by atoms with Gasteiger partial charge in [-0.15, -0.1) is 0 Å². The fourth-order valence-electron chi connectivity index (χ4n) is 1.32. The van der Waals surface area contributed by atoms with Gasteiger partial charge in [0.25, 0.3) is 0 Å². The highest BCUT2D eigenvalue weighted by atomic mass is 35.5.